The molecule has 1 aromatic rings. The molecule has 0 unspecified atom stereocenters. The van der Waals surface area contributed by atoms with Gasteiger partial charge in [-0.25, -0.2) is 9.59 Å². The SMILES string of the molecule is CN1C=CCC(C(=O)O[C@H]2C[C@H](n3cc(I)c(=O)[nH]c3=O)O[C@@H]2CO[Si](C)(C)C(C)(C)C)=C1. The summed E-state index contributed by atoms with van der Waals surface area (Å²) >= 11 is 1.87. The topological polar surface area (TPSA) is 103 Å². The van der Waals surface area contributed by atoms with Crippen molar-refractivity contribution in [3.8, 4) is 0 Å². The highest BCUT2D eigenvalue weighted by Gasteiger charge is 2.43. The Morgan fingerprint density at radius 1 is 1.33 bits per heavy atom. The Kier molecular flexibility index (Phi) is 7.76. The first kappa shape index (κ1) is 25.9. The predicted molar refractivity (Wildman–Crippen MR) is 135 cm³/mol. The minimum atomic E-state index is -2.08. The van der Waals surface area contributed by atoms with Crippen LogP contribution in [-0.2, 0) is 18.7 Å². The summed E-state index contributed by atoms with van der Waals surface area (Å²) in [4.78, 5) is 41.1. The molecular weight excluding hydrogens is 557 g/mol. The highest BCUT2D eigenvalue weighted by atomic mass is 127. The Morgan fingerprint density at radius 3 is 2.67 bits per heavy atom. The Hall–Kier alpha value is -1.70. The van der Waals surface area contributed by atoms with Gasteiger partial charge in [-0.2, -0.15) is 0 Å². The zero-order valence-electron chi connectivity index (χ0n) is 19.9. The molecule has 1 N–H and O–H groups in total. The molecule has 11 heteroatoms. The summed E-state index contributed by atoms with van der Waals surface area (Å²) in [5.74, 6) is -0.416. The molecule has 0 aromatic carbocycles. The largest absolute Gasteiger partial charge is 0.456 e. The first-order valence-electron chi connectivity index (χ1n) is 10.9. The van der Waals surface area contributed by atoms with Crippen LogP contribution < -0.4 is 11.2 Å². The first-order chi connectivity index (χ1) is 15.3. The van der Waals surface area contributed by atoms with Crippen LogP contribution in [0.15, 0.2) is 39.8 Å². The van der Waals surface area contributed by atoms with Gasteiger partial charge < -0.3 is 18.8 Å². The number of nitrogens with one attached hydrogen (secondary N) is 1. The van der Waals surface area contributed by atoms with Gasteiger partial charge in [-0.05, 0) is 46.9 Å². The molecule has 1 fully saturated rings. The maximum Gasteiger partial charge on any atom is 0.336 e. The Morgan fingerprint density at radius 2 is 2.03 bits per heavy atom. The minimum Gasteiger partial charge on any atom is -0.456 e. The fourth-order valence-electron chi connectivity index (χ4n) is 3.36. The van der Waals surface area contributed by atoms with Crippen LogP contribution in [0.25, 0.3) is 0 Å². The van der Waals surface area contributed by atoms with Crippen LogP contribution in [0.1, 0.15) is 39.8 Å². The van der Waals surface area contributed by atoms with Crippen molar-refractivity contribution in [2.45, 2.75) is 70.2 Å². The normalized spacial score (nSPS) is 23.5. The number of halogens is 1. The van der Waals surface area contributed by atoms with Crippen molar-refractivity contribution in [1.29, 1.82) is 0 Å². The van der Waals surface area contributed by atoms with E-state index in [9.17, 15) is 14.4 Å². The molecule has 3 heterocycles. The second-order valence-corrected chi connectivity index (χ2v) is 15.9. The van der Waals surface area contributed by atoms with E-state index in [0.717, 1.165) is 0 Å². The molecule has 1 saturated heterocycles. The second-order valence-electron chi connectivity index (χ2n) is 9.93. The van der Waals surface area contributed by atoms with E-state index in [1.807, 2.05) is 41.9 Å². The molecule has 2 aliphatic rings. The highest BCUT2D eigenvalue weighted by Crippen LogP contribution is 2.38. The number of carbonyl (C=O) groups is 1. The van der Waals surface area contributed by atoms with E-state index in [2.05, 4.69) is 38.8 Å². The van der Waals surface area contributed by atoms with Gasteiger partial charge in [0.15, 0.2) is 8.32 Å². The third-order valence-corrected chi connectivity index (χ3v) is 11.7. The summed E-state index contributed by atoms with van der Waals surface area (Å²) in [5.41, 5.74) is -0.469. The molecule has 0 aliphatic carbocycles. The molecule has 0 spiro atoms. The molecule has 0 bridgehead atoms. The van der Waals surface area contributed by atoms with Crippen LogP contribution in [0.3, 0.4) is 0 Å². The Bertz CT molecular complexity index is 1070. The van der Waals surface area contributed by atoms with Gasteiger partial charge in [-0.1, -0.05) is 26.8 Å². The van der Waals surface area contributed by atoms with E-state index in [1.54, 1.807) is 11.1 Å². The van der Waals surface area contributed by atoms with Crippen molar-refractivity contribution in [3.05, 3.63) is 54.7 Å². The van der Waals surface area contributed by atoms with Crippen LogP contribution in [0.5, 0.6) is 0 Å². The molecule has 33 heavy (non-hydrogen) atoms. The number of rotatable bonds is 6. The third kappa shape index (κ3) is 6.05. The van der Waals surface area contributed by atoms with Crippen LogP contribution in [0.2, 0.25) is 18.1 Å². The van der Waals surface area contributed by atoms with Crippen LogP contribution >= 0.6 is 22.6 Å². The van der Waals surface area contributed by atoms with Crippen molar-refractivity contribution in [3.63, 3.8) is 0 Å². The Balaban J connectivity index is 1.82. The molecule has 0 radical (unpaired) electrons. The summed E-state index contributed by atoms with van der Waals surface area (Å²) in [5, 5.41) is 0.00692. The summed E-state index contributed by atoms with van der Waals surface area (Å²) in [6.45, 7) is 11.0. The zero-order valence-corrected chi connectivity index (χ0v) is 23.0. The number of esters is 1. The highest BCUT2D eigenvalue weighted by molar-refractivity contribution is 14.1. The first-order valence-corrected chi connectivity index (χ1v) is 14.9. The van der Waals surface area contributed by atoms with Gasteiger partial charge in [-0.3, -0.25) is 14.3 Å². The quantitative estimate of drug-likeness (QED) is 0.309. The van der Waals surface area contributed by atoms with Gasteiger partial charge in [0.1, 0.15) is 18.4 Å². The molecule has 3 atom stereocenters. The number of ether oxygens (including phenoxy) is 2. The van der Waals surface area contributed by atoms with Crippen molar-refractivity contribution >= 4 is 36.9 Å². The number of nitrogens with zero attached hydrogens (tertiary/aromatic N) is 2. The molecular formula is C22H32IN3O6Si. The van der Waals surface area contributed by atoms with Crippen LogP contribution in [-0.4, -0.2) is 54.6 Å². The molecule has 0 amide bonds. The van der Waals surface area contributed by atoms with Gasteiger partial charge in [0.2, 0.25) is 0 Å². The number of aromatic amines is 1. The standard InChI is InChI=1S/C22H32IN3O6Si/c1-22(2,3)33(5,6)30-13-17-16(32-20(28)14-8-7-9-25(4)11-14)10-18(31-17)26-12-15(23)19(27)24-21(26)29/h7,9,11-12,16-18H,8,10,13H2,1-6H3,(H,24,27,29)/t16-,17+,18+/m0/s1. The summed E-state index contributed by atoms with van der Waals surface area (Å²) in [6, 6.07) is 0. The maximum atomic E-state index is 12.9. The average Bonchev–Trinajstić information content (AvgIpc) is 3.10. The third-order valence-electron chi connectivity index (χ3n) is 6.39. The van der Waals surface area contributed by atoms with Crippen LogP contribution in [0, 0.1) is 3.57 Å². The zero-order chi connectivity index (χ0) is 24.6. The molecule has 0 saturated carbocycles. The van der Waals surface area contributed by atoms with Gasteiger partial charge in [-0.15, -0.1) is 0 Å². The lowest BCUT2D eigenvalue weighted by Gasteiger charge is -2.37. The van der Waals surface area contributed by atoms with Gasteiger partial charge in [0.05, 0.1) is 15.8 Å². The number of H-pyrrole nitrogens is 1. The number of allylic oxidation sites excluding steroid dienone is 1. The number of hydrogen-bond acceptors (Lipinski definition) is 7. The van der Waals surface area contributed by atoms with Crippen molar-refractivity contribution in [2.75, 3.05) is 13.7 Å². The number of hydrogen-bond donors (Lipinski definition) is 1. The van der Waals surface area contributed by atoms with E-state index in [0.29, 0.717) is 15.6 Å². The fraction of sp³-hybridized carbons (Fsp3) is 0.591. The number of aromatic nitrogens is 2. The van der Waals surface area contributed by atoms with Crippen molar-refractivity contribution in [2.24, 2.45) is 0 Å². The average molecular weight is 590 g/mol. The van der Waals surface area contributed by atoms with Crippen molar-refractivity contribution < 1.29 is 18.7 Å². The maximum absolute atomic E-state index is 12.9. The minimum absolute atomic E-state index is 0.00692. The summed E-state index contributed by atoms with van der Waals surface area (Å²) in [7, 11) is -0.232. The smallest absolute Gasteiger partial charge is 0.336 e. The second kappa shape index (κ2) is 9.88. The van der Waals surface area contributed by atoms with E-state index >= 15 is 0 Å². The Labute approximate surface area is 208 Å². The fourth-order valence-corrected chi connectivity index (χ4v) is 4.81. The molecule has 3 rings (SSSR count). The lowest BCUT2D eigenvalue weighted by atomic mass is 10.1. The molecule has 2 aliphatic heterocycles. The lowest BCUT2D eigenvalue weighted by molar-refractivity contribution is -0.148. The van der Waals surface area contributed by atoms with Crippen molar-refractivity contribution in [1.82, 2.24) is 14.5 Å². The predicted octanol–water partition coefficient (Wildman–Crippen LogP) is 3.10. The van der Waals surface area contributed by atoms with Gasteiger partial charge in [0.25, 0.3) is 5.56 Å². The van der Waals surface area contributed by atoms with Gasteiger partial charge >= 0.3 is 11.7 Å². The summed E-state index contributed by atoms with van der Waals surface area (Å²) < 4.78 is 20.1. The van der Waals surface area contributed by atoms with Gasteiger partial charge in [0, 0.05) is 32.3 Å². The summed E-state index contributed by atoms with van der Waals surface area (Å²) in [6.07, 6.45) is 5.92. The van der Waals surface area contributed by atoms with E-state index in [1.165, 1.54) is 10.8 Å². The molecule has 9 nitrogen and oxygen atoms in total. The molecule has 1 aromatic heterocycles. The van der Waals surface area contributed by atoms with E-state index < -0.39 is 44.0 Å². The van der Waals surface area contributed by atoms with Crippen LogP contribution in [0.4, 0.5) is 0 Å². The monoisotopic (exact) mass is 589 g/mol. The van der Waals surface area contributed by atoms with E-state index in [-0.39, 0.29) is 18.1 Å². The lowest BCUT2D eigenvalue weighted by Crippen LogP contribution is -2.44. The molecule has 182 valence electrons. The number of carbonyl (C=O) groups excluding carboxylic acids is 1. The van der Waals surface area contributed by atoms with E-state index in [4.69, 9.17) is 13.9 Å².